The zero-order valence-electron chi connectivity index (χ0n) is 18.2. The number of amides is 2. The van der Waals surface area contributed by atoms with E-state index in [1.165, 1.54) is 6.92 Å². The monoisotopic (exact) mass is 611 g/mol. The summed E-state index contributed by atoms with van der Waals surface area (Å²) in [6.45, 7) is -1.15. The molecule has 2 heterocycles. The van der Waals surface area contributed by atoms with Gasteiger partial charge < -0.3 is 15.5 Å². The lowest BCUT2D eigenvalue weighted by Crippen LogP contribution is -2.43. The molecule has 0 saturated heterocycles. The summed E-state index contributed by atoms with van der Waals surface area (Å²) in [6.07, 6.45) is -9.51. The van der Waals surface area contributed by atoms with Crippen LogP contribution in [0.15, 0.2) is 38.7 Å². The lowest BCUT2D eigenvalue weighted by molar-refractivity contribution is -0.275. The maximum absolute atomic E-state index is 14.2. The molecule has 3 rings (SSSR count). The number of halogens is 9. The standard InChI is InChI=1S/C20H14Cl3F6N3O4S/c1-8-2-13(37(35)16(8)17(34)30-6-14(33)31-7-19(24,25)26)12-5-18(36-32-12,20(27,28)29)9-3-10(21)15(23)11(22)4-9/h2-4H,5-7H2,1H3,(H,30,34)(H,31,33)/t18-,37?/m0/s1. The normalized spacial score (nSPS) is 21.9. The second-order valence-electron chi connectivity index (χ2n) is 7.75. The smallest absolute Gasteiger partial charge is 0.374 e. The van der Waals surface area contributed by atoms with Crippen molar-refractivity contribution in [2.45, 2.75) is 31.3 Å². The maximum atomic E-state index is 14.2. The predicted molar refractivity (Wildman–Crippen MR) is 123 cm³/mol. The van der Waals surface area contributed by atoms with E-state index in [2.05, 4.69) is 5.16 Å². The van der Waals surface area contributed by atoms with E-state index in [9.17, 15) is 40.1 Å². The van der Waals surface area contributed by atoms with Crippen molar-refractivity contribution < 1.29 is 45.0 Å². The highest BCUT2D eigenvalue weighted by Crippen LogP contribution is 2.51. The van der Waals surface area contributed by atoms with Gasteiger partial charge in [0.1, 0.15) is 17.2 Å². The molecule has 1 aromatic carbocycles. The molecule has 2 atom stereocenters. The quantitative estimate of drug-likeness (QED) is 0.353. The number of benzene rings is 1. The summed E-state index contributed by atoms with van der Waals surface area (Å²) >= 11 is 17.6. The third-order valence-corrected chi connectivity index (χ3v) is 7.94. The Labute approximate surface area is 222 Å². The van der Waals surface area contributed by atoms with Crippen LogP contribution in [0.3, 0.4) is 0 Å². The molecule has 1 unspecified atom stereocenters. The van der Waals surface area contributed by atoms with Crippen LogP contribution in [0.1, 0.15) is 18.9 Å². The SMILES string of the molecule is CC1=C(C(=O)NCC(=O)NCC(F)(F)F)S(=O)C(C2=NO[C@@](c3cc(Cl)c(Cl)c(Cl)c3)(C(F)(F)F)C2)=C1. The Morgan fingerprint density at radius 3 is 2.24 bits per heavy atom. The lowest BCUT2D eigenvalue weighted by Gasteiger charge is -2.30. The van der Waals surface area contributed by atoms with E-state index >= 15 is 0 Å². The van der Waals surface area contributed by atoms with Crippen molar-refractivity contribution >= 4 is 63.1 Å². The molecule has 2 N–H and O–H groups in total. The van der Waals surface area contributed by atoms with Crippen molar-refractivity contribution in [2.24, 2.45) is 5.16 Å². The van der Waals surface area contributed by atoms with Crippen LogP contribution < -0.4 is 10.6 Å². The Morgan fingerprint density at radius 1 is 1.11 bits per heavy atom. The zero-order valence-corrected chi connectivity index (χ0v) is 21.3. The molecule has 7 nitrogen and oxygen atoms in total. The summed E-state index contributed by atoms with van der Waals surface area (Å²) in [5, 5.41) is 6.32. The number of hydrogen-bond donors (Lipinski definition) is 2. The predicted octanol–water partition coefficient (Wildman–Crippen LogP) is 4.90. The van der Waals surface area contributed by atoms with E-state index in [-0.39, 0.29) is 31.3 Å². The van der Waals surface area contributed by atoms with E-state index in [1.54, 1.807) is 5.32 Å². The number of nitrogens with one attached hydrogen (secondary N) is 2. The second-order valence-corrected chi connectivity index (χ2v) is 10.3. The van der Waals surface area contributed by atoms with E-state index in [4.69, 9.17) is 39.6 Å². The van der Waals surface area contributed by atoms with Crippen molar-refractivity contribution in [3.63, 3.8) is 0 Å². The summed E-state index contributed by atoms with van der Waals surface area (Å²) in [7, 11) is -2.34. The fourth-order valence-corrected chi connectivity index (χ4v) is 5.37. The molecular weight excluding hydrogens is 599 g/mol. The minimum Gasteiger partial charge on any atom is -0.374 e. The molecule has 1 aromatic rings. The first-order chi connectivity index (χ1) is 17.0. The van der Waals surface area contributed by atoms with Gasteiger partial charge >= 0.3 is 12.4 Å². The van der Waals surface area contributed by atoms with Crippen LogP contribution in [-0.4, -0.2) is 47.2 Å². The van der Waals surface area contributed by atoms with Crippen molar-refractivity contribution in [1.29, 1.82) is 0 Å². The van der Waals surface area contributed by atoms with Crippen molar-refractivity contribution in [2.75, 3.05) is 13.1 Å². The van der Waals surface area contributed by atoms with Crippen LogP contribution >= 0.6 is 34.8 Å². The fourth-order valence-electron chi connectivity index (χ4n) is 3.35. The Morgan fingerprint density at radius 2 is 1.70 bits per heavy atom. The Bertz CT molecular complexity index is 1260. The van der Waals surface area contributed by atoms with Gasteiger partial charge in [0.2, 0.25) is 5.91 Å². The van der Waals surface area contributed by atoms with Gasteiger partial charge in [0.05, 0.1) is 43.7 Å². The van der Waals surface area contributed by atoms with Gasteiger partial charge in [-0.2, -0.15) is 26.3 Å². The van der Waals surface area contributed by atoms with Gasteiger partial charge in [-0.25, -0.2) is 4.21 Å². The van der Waals surface area contributed by atoms with Crippen molar-refractivity contribution in [1.82, 2.24) is 10.6 Å². The summed E-state index contributed by atoms with van der Waals surface area (Å²) in [4.78, 5) is 28.1. The third kappa shape index (κ3) is 6.07. The number of oxime groups is 1. The molecule has 0 fully saturated rings. The molecule has 17 heteroatoms. The topological polar surface area (TPSA) is 96.9 Å². The lowest BCUT2D eigenvalue weighted by atomic mass is 9.88. The van der Waals surface area contributed by atoms with Crippen LogP contribution in [0.2, 0.25) is 15.1 Å². The molecular formula is C20H14Cl3F6N3O4S. The molecule has 202 valence electrons. The maximum Gasteiger partial charge on any atom is 0.435 e. The van der Waals surface area contributed by atoms with Crippen LogP contribution in [0.5, 0.6) is 0 Å². The molecule has 0 spiro atoms. The Balaban J connectivity index is 1.76. The first-order valence-electron chi connectivity index (χ1n) is 9.90. The van der Waals surface area contributed by atoms with Gasteiger partial charge in [-0.1, -0.05) is 40.0 Å². The number of rotatable bonds is 6. The number of carbonyl (C=O) groups excluding carboxylic acids is 2. The van der Waals surface area contributed by atoms with E-state index in [1.807, 2.05) is 5.32 Å². The van der Waals surface area contributed by atoms with Gasteiger partial charge in [0.15, 0.2) is 0 Å². The summed E-state index contributed by atoms with van der Waals surface area (Å²) in [5.41, 5.74) is -3.88. The second kappa shape index (κ2) is 10.5. The largest absolute Gasteiger partial charge is 0.435 e. The van der Waals surface area contributed by atoms with Gasteiger partial charge in [-0.15, -0.1) is 0 Å². The van der Waals surface area contributed by atoms with Gasteiger partial charge in [0.25, 0.3) is 11.5 Å². The molecule has 0 aliphatic carbocycles. The fraction of sp³-hybridized carbons (Fsp3) is 0.350. The average Bonchev–Trinajstić information content (AvgIpc) is 3.35. The molecule has 0 saturated carbocycles. The minimum atomic E-state index is -5.05. The molecule has 2 aliphatic rings. The Hall–Kier alpha value is -2.29. The number of carbonyl (C=O) groups is 2. The van der Waals surface area contributed by atoms with Crippen LogP contribution in [0.25, 0.3) is 0 Å². The molecule has 0 aromatic heterocycles. The van der Waals surface area contributed by atoms with Crippen LogP contribution in [0, 0.1) is 0 Å². The zero-order chi connectivity index (χ0) is 27.9. The van der Waals surface area contributed by atoms with Gasteiger partial charge in [-0.05, 0) is 30.7 Å². The van der Waals surface area contributed by atoms with E-state index in [0.29, 0.717) is 0 Å². The van der Waals surface area contributed by atoms with E-state index < -0.39 is 70.5 Å². The minimum absolute atomic E-state index is 0.0753. The Kier molecular flexibility index (Phi) is 8.28. The van der Waals surface area contributed by atoms with Gasteiger partial charge in [0, 0.05) is 5.56 Å². The number of hydrogen-bond acceptors (Lipinski definition) is 5. The average molecular weight is 613 g/mol. The highest BCUT2D eigenvalue weighted by molar-refractivity contribution is 7.95. The summed E-state index contributed by atoms with van der Waals surface area (Å²) in [5.74, 6) is -2.23. The number of allylic oxidation sites excluding steroid dienone is 3. The molecule has 37 heavy (non-hydrogen) atoms. The molecule has 2 aliphatic heterocycles. The third-order valence-electron chi connectivity index (χ3n) is 5.11. The molecule has 2 amide bonds. The van der Waals surface area contributed by atoms with Crippen molar-refractivity contribution in [3.8, 4) is 0 Å². The van der Waals surface area contributed by atoms with Gasteiger partial charge in [-0.3, -0.25) is 9.59 Å². The summed E-state index contributed by atoms with van der Waals surface area (Å²) < 4.78 is 92.2. The summed E-state index contributed by atoms with van der Waals surface area (Å²) in [6, 6.07) is 1.82. The van der Waals surface area contributed by atoms with Crippen LogP contribution in [-0.2, 0) is 30.8 Å². The number of nitrogens with zero attached hydrogens (tertiary/aromatic N) is 1. The molecule has 0 bridgehead atoms. The van der Waals surface area contributed by atoms with E-state index in [0.717, 1.165) is 18.2 Å². The molecule has 0 radical (unpaired) electrons. The highest BCUT2D eigenvalue weighted by atomic mass is 35.5. The first kappa shape index (κ1) is 29.3. The first-order valence-corrected chi connectivity index (χ1v) is 12.2. The van der Waals surface area contributed by atoms with Crippen molar-refractivity contribution in [3.05, 3.63) is 54.2 Å². The highest BCUT2D eigenvalue weighted by Gasteiger charge is 2.63. The number of alkyl halides is 6. The van der Waals surface area contributed by atoms with Crippen LogP contribution in [0.4, 0.5) is 26.3 Å².